The fourth-order valence-corrected chi connectivity index (χ4v) is 3.62. The number of aryl methyl sites for hydroxylation is 1. The van der Waals surface area contributed by atoms with Gasteiger partial charge in [0, 0.05) is 20.7 Å². The van der Waals surface area contributed by atoms with E-state index in [0.717, 1.165) is 24.2 Å². The highest BCUT2D eigenvalue weighted by Gasteiger charge is 2.33. The number of amides is 1. The van der Waals surface area contributed by atoms with Gasteiger partial charge in [0.05, 0.1) is 31.0 Å². The van der Waals surface area contributed by atoms with Crippen LogP contribution in [0.4, 0.5) is 0 Å². The molecule has 1 aliphatic rings. The average Bonchev–Trinajstić information content (AvgIpc) is 3.10. The number of carbonyl (C=O) groups is 1. The predicted molar refractivity (Wildman–Crippen MR) is 81.3 cm³/mol. The Labute approximate surface area is 128 Å². The third-order valence-corrected chi connectivity index (χ3v) is 4.69. The first-order chi connectivity index (χ1) is 10.2. The summed E-state index contributed by atoms with van der Waals surface area (Å²) in [4.78, 5) is 14.6. The molecule has 0 saturated carbocycles. The van der Waals surface area contributed by atoms with E-state index in [-0.39, 0.29) is 11.9 Å². The fraction of sp³-hybridized carbons (Fsp3) is 0.467. The van der Waals surface area contributed by atoms with Crippen LogP contribution in [-0.4, -0.2) is 40.8 Å². The lowest BCUT2D eigenvalue weighted by Crippen LogP contribution is -2.43. The van der Waals surface area contributed by atoms with Gasteiger partial charge in [0.15, 0.2) is 0 Å². The second-order valence-electron chi connectivity index (χ2n) is 5.30. The van der Waals surface area contributed by atoms with Gasteiger partial charge in [0.2, 0.25) is 5.91 Å². The standard InChI is InChI=1S/C15H19N3O2S/c1-17-15-12(8-16-17)3-5-18(13(15)9-20-2)14(19)7-11-4-6-21-10-11/h4,6,8,10,13H,3,5,7,9H2,1-2H3/t13-/m0/s1. The second kappa shape index (κ2) is 5.99. The maximum Gasteiger partial charge on any atom is 0.227 e. The highest BCUT2D eigenvalue weighted by molar-refractivity contribution is 7.07. The molecule has 0 radical (unpaired) electrons. The Hall–Kier alpha value is -1.66. The summed E-state index contributed by atoms with van der Waals surface area (Å²) in [6.07, 6.45) is 3.22. The molecule has 0 bridgehead atoms. The van der Waals surface area contributed by atoms with E-state index < -0.39 is 0 Å². The molecule has 3 heterocycles. The molecule has 1 atom stereocenters. The predicted octanol–water partition coefficient (Wildman–Crippen LogP) is 1.80. The van der Waals surface area contributed by atoms with Crippen LogP contribution < -0.4 is 0 Å². The Balaban J connectivity index is 1.84. The minimum atomic E-state index is -0.0441. The Morgan fingerprint density at radius 2 is 2.43 bits per heavy atom. The number of hydrogen-bond acceptors (Lipinski definition) is 4. The summed E-state index contributed by atoms with van der Waals surface area (Å²) in [5, 5.41) is 8.36. The molecule has 3 rings (SSSR count). The summed E-state index contributed by atoms with van der Waals surface area (Å²) < 4.78 is 7.21. The number of hydrogen-bond donors (Lipinski definition) is 0. The summed E-state index contributed by atoms with van der Waals surface area (Å²) in [6.45, 7) is 1.23. The number of methoxy groups -OCH3 is 1. The van der Waals surface area contributed by atoms with Gasteiger partial charge in [-0.3, -0.25) is 9.48 Å². The van der Waals surface area contributed by atoms with Crippen molar-refractivity contribution < 1.29 is 9.53 Å². The van der Waals surface area contributed by atoms with E-state index in [2.05, 4.69) is 5.10 Å². The van der Waals surface area contributed by atoms with Crippen LogP contribution in [0.3, 0.4) is 0 Å². The van der Waals surface area contributed by atoms with Crippen LogP contribution in [0.2, 0.25) is 0 Å². The number of nitrogens with zero attached hydrogens (tertiary/aromatic N) is 3. The first kappa shape index (κ1) is 14.3. The van der Waals surface area contributed by atoms with Crippen LogP contribution in [0.15, 0.2) is 23.0 Å². The number of ether oxygens (including phenoxy) is 1. The zero-order chi connectivity index (χ0) is 14.8. The highest BCUT2D eigenvalue weighted by Crippen LogP contribution is 2.30. The Kier molecular flexibility index (Phi) is 4.07. The zero-order valence-electron chi connectivity index (χ0n) is 12.3. The van der Waals surface area contributed by atoms with Crippen molar-refractivity contribution in [2.45, 2.75) is 18.9 Å². The van der Waals surface area contributed by atoms with Gasteiger partial charge in [0.25, 0.3) is 0 Å². The highest BCUT2D eigenvalue weighted by atomic mass is 32.1. The van der Waals surface area contributed by atoms with Crippen molar-refractivity contribution in [1.82, 2.24) is 14.7 Å². The molecular weight excluding hydrogens is 286 g/mol. The van der Waals surface area contributed by atoms with Crippen LogP contribution in [0.1, 0.15) is 22.9 Å². The van der Waals surface area contributed by atoms with Crippen LogP contribution in [0.25, 0.3) is 0 Å². The lowest BCUT2D eigenvalue weighted by Gasteiger charge is -2.35. The Morgan fingerprint density at radius 1 is 1.57 bits per heavy atom. The Bertz CT molecular complexity index is 621. The summed E-state index contributed by atoms with van der Waals surface area (Å²) in [5.41, 5.74) is 3.40. The molecule has 0 saturated heterocycles. The quantitative estimate of drug-likeness (QED) is 0.865. The molecule has 1 amide bonds. The SMILES string of the molecule is COC[C@H]1c2c(cnn2C)CCN1C(=O)Cc1ccsc1. The van der Waals surface area contributed by atoms with Crippen molar-refractivity contribution in [2.24, 2.45) is 7.05 Å². The van der Waals surface area contributed by atoms with Crippen molar-refractivity contribution in [1.29, 1.82) is 0 Å². The van der Waals surface area contributed by atoms with E-state index in [1.54, 1.807) is 18.4 Å². The van der Waals surface area contributed by atoms with Gasteiger partial charge in [-0.2, -0.15) is 16.4 Å². The molecule has 2 aromatic rings. The van der Waals surface area contributed by atoms with E-state index >= 15 is 0 Å². The fourth-order valence-electron chi connectivity index (χ4n) is 2.95. The third kappa shape index (κ3) is 2.73. The molecule has 0 unspecified atom stereocenters. The zero-order valence-corrected chi connectivity index (χ0v) is 13.1. The summed E-state index contributed by atoms with van der Waals surface area (Å²) in [6, 6.07) is 1.96. The maximum atomic E-state index is 12.6. The molecule has 2 aromatic heterocycles. The third-order valence-electron chi connectivity index (χ3n) is 3.96. The number of aromatic nitrogens is 2. The van der Waals surface area contributed by atoms with E-state index in [1.165, 1.54) is 5.56 Å². The number of thiophene rings is 1. The smallest absolute Gasteiger partial charge is 0.227 e. The van der Waals surface area contributed by atoms with E-state index in [9.17, 15) is 4.79 Å². The van der Waals surface area contributed by atoms with Crippen LogP contribution in [-0.2, 0) is 29.4 Å². The largest absolute Gasteiger partial charge is 0.382 e. The number of rotatable bonds is 4. The molecule has 21 heavy (non-hydrogen) atoms. The molecule has 6 heteroatoms. The van der Waals surface area contributed by atoms with Gasteiger partial charge >= 0.3 is 0 Å². The lowest BCUT2D eigenvalue weighted by atomic mass is 9.99. The van der Waals surface area contributed by atoms with Crippen molar-refractivity contribution in [3.63, 3.8) is 0 Å². The van der Waals surface area contributed by atoms with Crippen molar-refractivity contribution >= 4 is 17.2 Å². The molecule has 0 aliphatic carbocycles. The van der Waals surface area contributed by atoms with E-state index in [0.29, 0.717) is 13.0 Å². The van der Waals surface area contributed by atoms with Gasteiger partial charge in [-0.1, -0.05) is 0 Å². The number of fused-ring (bicyclic) bond motifs is 1. The van der Waals surface area contributed by atoms with Gasteiger partial charge in [-0.25, -0.2) is 0 Å². The van der Waals surface area contributed by atoms with Gasteiger partial charge in [0.1, 0.15) is 0 Å². The molecule has 112 valence electrons. The van der Waals surface area contributed by atoms with Gasteiger partial charge in [-0.05, 0) is 34.4 Å². The van der Waals surface area contributed by atoms with Crippen LogP contribution >= 0.6 is 11.3 Å². The maximum absolute atomic E-state index is 12.6. The minimum Gasteiger partial charge on any atom is -0.382 e. The van der Waals surface area contributed by atoms with Crippen molar-refractivity contribution in [3.8, 4) is 0 Å². The first-order valence-corrected chi connectivity index (χ1v) is 7.95. The molecular formula is C15H19N3O2S. The van der Waals surface area contributed by atoms with Gasteiger partial charge in [-0.15, -0.1) is 0 Å². The Morgan fingerprint density at radius 3 is 3.14 bits per heavy atom. The summed E-state index contributed by atoms with van der Waals surface area (Å²) in [7, 11) is 3.60. The van der Waals surface area contributed by atoms with Gasteiger partial charge < -0.3 is 9.64 Å². The second-order valence-corrected chi connectivity index (χ2v) is 6.08. The topological polar surface area (TPSA) is 47.4 Å². The first-order valence-electron chi connectivity index (χ1n) is 7.01. The monoisotopic (exact) mass is 305 g/mol. The average molecular weight is 305 g/mol. The van der Waals surface area contributed by atoms with Crippen molar-refractivity contribution in [2.75, 3.05) is 20.3 Å². The molecule has 0 fully saturated rings. The van der Waals surface area contributed by atoms with Crippen LogP contribution in [0, 0.1) is 0 Å². The molecule has 1 aliphatic heterocycles. The summed E-state index contributed by atoms with van der Waals surface area (Å²) in [5.74, 6) is 0.155. The minimum absolute atomic E-state index is 0.0441. The molecule has 0 aromatic carbocycles. The lowest BCUT2D eigenvalue weighted by molar-refractivity contribution is -0.134. The molecule has 0 spiro atoms. The molecule has 5 nitrogen and oxygen atoms in total. The normalized spacial score (nSPS) is 17.8. The number of carbonyl (C=O) groups excluding carboxylic acids is 1. The summed E-state index contributed by atoms with van der Waals surface area (Å²) >= 11 is 1.62. The van der Waals surface area contributed by atoms with Crippen molar-refractivity contribution in [3.05, 3.63) is 39.8 Å². The van der Waals surface area contributed by atoms with E-state index in [1.807, 2.05) is 39.7 Å². The van der Waals surface area contributed by atoms with E-state index in [4.69, 9.17) is 4.74 Å². The molecule has 0 N–H and O–H groups in total. The van der Waals surface area contributed by atoms with Crippen LogP contribution in [0.5, 0.6) is 0 Å².